The molecular weight excluding hydrogens is 216 g/mol. The summed E-state index contributed by atoms with van der Waals surface area (Å²) in [7, 11) is 0. The van der Waals surface area contributed by atoms with Gasteiger partial charge in [-0.2, -0.15) is 0 Å². The Balaban J connectivity index is 2.24. The van der Waals surface area contributed by atoms with Crippen LogP contribution in [0.25, 0.3) is 22.4 Å². The van der Waals surface area contributed by atoms with Gasteiger partial charge in [-0.05, 0) is 19.1 Å². The van der Waals surface area contributed by atoms with E-state index in [1.54, 1.807) is 19.3 Å². The number of anilines is 1. The monoisotopic (exact) mass is 226 g/mol. The van der Waals surface area contributed by atoms with E-state index in [2.05, 4.69) is 15.0 Å². The maximum Gasteiger partial charge on any atom is 0.195 e. The van der Waals surface area contributed by atoms with Gasteiger partial charge in [-0.3, -0.25) is 4.98 Å². The van der Waals surface area contributed by atoms with Gasteiger partial charge in [0.05, 0.1) is 0 Å². The molecule has 0 saturated heterocycles. The first-order chi connectivity index (χ1) is 8.24. The van der Waals surface area contributed by atoms with E-state index in [0.29, 0.717) is 28.5 Å². The van der Waals surface area contributed by atoms with Crippen LogP contribution in [0.15, 0.2) is 35.0 Å². The quantitative estimate of drug-likeness (QED) is 0.688. The molecule has 84 valence electrons. The fourth-order valence-electron chi connectivity index (χ4n) is 1.72. The van der Waals surface area contributed by atoms with E-state index in [0.717, 1.165) is 5.56 Å². The number of fused-ring (bicyclic) bond motifs is 1. The Hall–Kier alpha value is -2.43. The van der Waals surface area contributed by atoms with Crippen LogP contribution in [0.4, 0.5) is 5.82 Å². The van der Waals surface area contributed by atoms with Gasteiger partial charge in [0.15, 0.2) is 11.4 Å². The van der Waals surface area contributed by atoms with Crippen molar-refractivity contribution >= 4 is 16.9 Å². The average Bonchev–Trinajstić information content (AvgIpc) is 2.74. The molecule has 3 aromatic heterocycles. The van der Waals surface area contributed by atoms with Crippen LogP contribution < -0.4 is 5.73 Å². The molecule has 0 atom stereocenters. The van der Waals surface area contributed by atoms with Crippen molar-refractivity contribution < 1.29 is 4.42 Å². The highest BCUT2D eigenvalue weighted by Crippen LogP contribution is 2.28. The number of hydrogen-bond acceptors (Lipinski definition) is 5. The summed E-state index contributed by atoms with van der Waals surface area (Å²) in [5, 5.41) is 0. The minimum atomic E-state index is 0.364. The molecule has 3 heterocycles. The van der Waals surface area contributed by atoms with Crippen LogP contribution in [0.1, 0.15) is 5.82 Å². The molecule has 5 heteroatoms. The van der Waals surface area contributed by atoms with Crippen molar-refractivity contribution in [3.8, 4) is 11.3 Å². The summed E-state index contributed by atoms with van der Waals surface area (Å²) >= 11 is 0. The normalized spacial score (nSPS) is 10.9. The first-order valence-electron chi connectivity index (χ1n) is 5.18. The Morgan fingerprint density at radius 3 is 2.94 bits per heavy atom. The number of nitrogens with zero attached hydrogens (tertiary/aromatic N) is 3. The zero-order chi connectivity index (χ0) is 11.8. The number of aromatic nitrogens is 3. The SMILES string of the molecule is Cc1nc(N)c2oc(-c3cccnc3)cc2n1. The minimum Gasteiger partial charge on any atom is -0.450 e. The molecule has 3 rings (SSSR count). The van der Waals surface area contributed by atoms with Gasteiger partial charge in [-0.25, -0.2) is 9.97 Å². The molecule has 2 N–H and O–H groups in total. The largest absolute Gasteiger partial charge is 0.450 e. The third kappa shape index (κ3) is 1.61. The summed E-state index contributed by atoms with van der Waals surface area (Å²) in [5.74, 6) is 1.69. The van der Waals surface area contributed by atoms with E-state index in [4.69, 9.17) is 10.2 Å². The van der Waals surface area contributed by atoms with Crippen LogP contribution in [0.2, 0.25) is 0 Å². The summed E-state index contributed by atoms with van der Waals surface area (Å²) in [6, 6.07) is 5.61. The van der Waals surface area contributed by atoms with Gasteiger partial charge < -0.3 is 10.2 Å². The van der Waals surface area contributed by atoms with Crippen molar-refractivity contribution in [3.63, 3.8) is 0 Å². The first kappa shape index (κ1) is 9.77. The summed E-state index contributed by atoms with van der Waals surface area (Å²) in [6.07, 6.45) is 3.44. The van der Waals surface area contributed by atoms with Gasteiger partial charge in [0.1, 0.15) is 17.1 Å². The fraction of sp³-hybridized carbons (Fsp3) is 0.0833. The Morgan fingerprint density at radius 2 is 2.18 bits per heavy atom. The zero-order valence-electron chi connectivity index (χ0n) is 9.21. The predicted octanol–water partition coefficient (Wildman–Crippen LogP) is 2.18. The summed E-state index contributed by atoms with van der Waals surface area (Å²) < 4.78 is 5.65. The summed E-state index contributed by atoms with van der Waals surface area (Å²) in [6.45, 7) is 1.80. The molecule has 17 heavy (non-hydrogen) atoms. The molecule has 0 amide bonds. The number of aryl methyl sites for hydroxylation is 1. The number of rotatable bonds is 1. The van der Waals surface area contributed by atoms with Gasteiger partial charge in [0.25, 0.3) is 0 Å². The van der Waals surface area contributed by atoms with E-state index in [1.807, 2.05) is 18.2 Å². The summed E-state index contributed by atoms with van der Waals surface area (Å²) in [4.78, 5) is 12.4. The topological polar surface area (TPSA) is 77.8 Å². The van der Waals surface area contributed by atoms with E-state index in [1.165, 1.54) is 0 Å². The Bertz CT molecular complexity index is 676. The van der Waals surface area contributed by atoms with Gasteiger partial charge in [-0.15, -0.1) is 0 Å². The van der Waals surface area contributed by atoms with Gasteiger partial charge in [0, 0.05) is 24.0 Å². The highest BCUT2D eigenvalue weighted by Gasteiger charge is 2.11. The van der Waals surface area contributed by atoms with Crippen molar-refractivity contribution in [3.05, 3.63) is 36.4 Å². The average molecular weight is 226 g/mol. The van der Waals surface area contributed by atoms with E-state index in [9.17, 15) is 0 Å². The second-order valence-electron chi connectivity index (χ2n) is 3.72. The van der Waals surface area contributed by atoms with Gasteiger partial charge in [-0.1, -0.05) is 0 Å². The van der Waals surface area contributed by atoms with E-state index >= 15 is 0 Å². The van der Waals surface area contributed by atoms with Crippen LogP contribution in [-0.4, -0.2) is 15.0 Å². The standard InChI is InChI=1S/C12H10N4O/c1-7-15-9-5-10(8-3-2-4-14-6-8)17-11(9)12(13)16-7/h2-6H,1H3,(H2,13,15,16). The van der Waals surface area contributed by atoms with Crippen LogP contribution in [-0.2, 0) is 0 Å². The van der Waals surface area contributed by atoms with Gasteiger partial charge in [0.2, 0.25) is 0 Å². The van der Waals surface area contributed by atoms with E-state index in [-0.39, 0.29) is 0 Å². The molecule has 0 unspecified atom stereocenters. The van der Waals surface area contributed by atoms with Crippen molar-refractivity contribution in [1.29, 1.82) is 0 Å². The zero-order valence-corrected chi connectivity index (χ0v) is 9.21. The maximum absolute atomic E-state index is 5.79. The highest BCUT2D eigenvalue weighted by molar-refractivity contribution is 5.86. The molecule has 5 nitrogen and oxygen atoms in total. The second kappa shape index (κ2) is 3.55. The molecule has 0 aliphatic carbocycles. The number of pyridine rings is 1. The Kier molecular flexibility index (Phi) is 2.04. The van der Waals surface area contributed by atoms with Crippen molar-refractivity contribution in [2.75, 3.05) is 5.73 Å². The molecule has 0 bridgehead atoms. The lowest BCUT2D eigenvalue weighted by Crippen LogP contribution is -1.94. The lowest BCUT2D eigenvalue weighted by Gasteiger charge is -1.95. The van der Waals surface area contributed by atoms with Crippen LogP contribution >= 0.6 is 0 Å². The van der Waals surface area contributed by atoms with Crippen molar-refractivity contribution in [2.24, 2.45) is 0 Å². The maximum atomic E-state index is 5.79. The number of nitrogens with two attached hydrogens (primary N) is 1. The molecule has 0 spiro atoms. The molecule has 0 fully saturated rings. The molecule has 0 aliphatic heterocycles. The number of furan rings is 1. The minimum absolute atomic E-state index is 0.364. The highest BCUT2D eigenvalue weighted by atomic mass is 16.3. The first-order valence-corrected chi connectivity index (χ1v) is 5.18. The third-order valence-electron chi connectivity index (χ3n) is 2.46. The molecule has 0 saturated carbocycles. The lowest BCUT2D eigenvalue weighted by molar-refractivity contribution is 0.630. The predicted molar refractivity (Wildman–Crippen MR) is 64.2 cm³/mol. The number of nitrogen functional groups attached to an aromatic ring is 1. The molecule has 0 radical (unpaired) electrons. The summed E-state index contributed by atoms with van der Waals surface area (Å²) in [5.41, 5.74) is 7.92. The van der Waals surface area contributed by atoms with Crippen LogP contribution in [0.5, 0.6) is 0 Å². The van der Waals surface area contributed by atoms with Gasteiger partial charge >= 0.3 is 0 Å². The smallest absolute Gasteiger partial charge is 0.195 e. The third-order valence-corrected chi connectivity index (χ3v) is 2.46. The molecule has 0 aliphatic rings. The van der Waals surface area contributed by atoms with Crippen LogP contribution in [0.3, 0.4) is 0 Å². The Morgan fingerprint density at radius 1 is 1.29 bits per heavy atom. The second-order valence-corrected chi connectivity index (χ2v) is 3.72. The molecular formula is C12H10N4O. The van der Waals surface area contributed by atoms with Crippen molar-refractivity contribution in [2.45, 2.75) is 6.92 Å². The Labute approximate surface area is 97.3 Å². The van der Waals surface area contributed by atoms with Crippen molar-refractivity contribution in [1.82, 2.24) is 15.0 Å². The lowest BCUT2D eigenvalue weighted by atomic mass is 10.2. The fourth-order valence-corrected chi connectivity index (χ4v) is 1.72. The molecule has 3 aromatic rings. The van der Waals surface area contributed by atoms with E-state index < -0.39 is 0 Å². The number of hydrogen-bond donors (Lipinski definition) is 1. The van der Waals surface area contributed by atoms with Crippen LogP contribution in [0, 0.1) is 6.92 Å². The molecule has 0 aromatic carbocycles.